The van der Waals surface area contributed by atoms with Gasteiger partial charge in [-0.05, 0) is 30.5 Å². The Morgan fingerprint density at radius 1 is 1.13 bits per heavy atom. The van der Waals surface area contributed by atoms with Crippen LogP contribution in [0.15, 0.2) is 48.5 Å². The van der Waals surface area contributed by atoms with Crippen molar-refractivity contribution in [3.8, 4) is 0 Å². The van der Waals surface area contributed by atoms with Crippen LogP contribution in [0.2, 0.25) is 0 Å². The van der Waals surface area contributed by atoms with Gasteiger partial charge in [-0.15, -0.1) is 0 Å². The van der Waals surface area contributed by atoms with Crippen LogP contribution in [0.4, 0.5) is 9.52 Å². The van der Waals surface area contributed by atoms with Gasteiger partial charge in [0.2, 0.25) is 5.91 Å². The Morgan fingerprint density at radius 3 is 2.70 bits per heavy atom. The number of nitrogens with zero attached hydrogens (tertiary/aromatic N) is 3. The number of carbonyl (C=O) groups excluding carboxylic acids is 1. The molecule has 158 valence electrons. The summed E-state index contributed by atoms with van der Waals surface area (Å²) in [5, 5.41) is 0.579. The summed E-state index contributed by atoms with van der Waals surface area (Å²) in [4.78, 5) is 21.7. The van der Waals surface area contributed by atoms with Gasteiger partial charge in [0.1, 0.15) is 11.3 Å². The molecule has 1 aliphatic rings. The molecule has 7 heteroatoms. The van der Waals surface area contributed by atoms with Gasteiger partial charge >= 0.3 is 0 Å². The van der Waals surface area contributed by atoms with Gasteiger partial charge in [-0.2, -0.15) is 0 Å². The molecule has 1 aliphatic heterocycles. The first-order valence-corrected chi connectivity index (χ1v) is 11.2. The molecule has 0 atom stereocenters. The molecule has 0 spiro atoms. The van der Waals surface area contributed by atoms with Crippen molar-refractivity contribution in [1.29, 1.82) is 0 Å². The van der Waals surface area contributed by atoms with Crippen molar-refractivity contribution in [2.45, 2.75) is 19.3 Å². The van der Waals surface area contributed by atoms with Crippen LogP contribution in [0, 0.1) is 5.82 Å². The molecular weight excluding hydrogens is 401 g/mol. The van der Waals surface area contributed by atoms with E-state index in [9.17, 15) is 9.18 Å². The number of carbonyl (C=O) groups is 1. The zero-order chi connectivity index (χ0) is 20.8. The third-order valence-corrected chi connectivity index (χ3v) is 6.36. The summed E-state index contributed by atoms with van der Waals surface area (Å²) in [6.45, 7) is 4.86. The Kier molecular flexibility index (Phi) is 7.04. The van der Waals surface area contributed by atoms with Crippen molar-refractivity contribution < 1.29 is 13.9 Å². The van der Waals surface area contributed by atoms with Crippen LogP contribution in [-0.4, -0.2) is 55.2 Å². The van der Waals surface area contributed by atoms with Crippen LogP contribution in [-0.2, 0) is 16.0 Å². The van der Waals surface area contributed by atoms with Gasteiger partial charge in [0.05, 0.1) is 17.9 Å². The standard InChI is InChI=1S/C23H26FN3O2S/c24-19-8-4-9-20-22(19)25-23(30-20)27(13-5-12-26-14-16-29-17-15-26)21(28)11-10-18-6-2-1-3-7-18/h1-4,6-9H,5,10-17H2. The molecule has 30 heavy (non-hydrogen) atoms. The molecule has 2 heterocycles. The molecule has 1 aromatic heterocycles. The number of aryl methyl sites for hydroxylation is 1. The van der Waals surface area contributed by atoms with E-state index < -0.39 is 0 Å². The summed E-state index contributed by atoms with van der Waals surface area (Å²) in [7, 11) is 0. The molecule has 5 nitrogen and oxygen atoms in total. The summed E-state index contributed by atoms with van der Waals surface area (Å²) in [5.41, 5.74) is 1.47. The van der Waals surface area contributed by atoms with Crippen LogP contribution in [0.3, 0.4) is 0 Å². The summed E-state index contributed by atoms with van der Waals surface area (Å²) in [5.74, 6) is -0.319. The van der Waals surface area contributed by atoms with Crippen LogP contribution in [0.25, 0.3) is 10.2 Å². The minimum Gasteiger partial charge on any atom is -0.379 e. The molecule has 1 saturated heterocycles. The summed E-state index contributed by atoms with van der Waals surface area (Å²) in [6.07, 6.45) is 1.92. The number of halogens is 1. The lowest BCUT2D eigenvalue weighted by Crippen LogP contribution is -2.39. The summed E-state index contributed by atoms with van der Waals surface area (Å²) in [6, 6.07) is 14.9. The highest BCUT2D eigenvalue weighted by atomic mass is 32.1. The predicted octanol–water partition coefficient (Wildman–Crippen LogP) is 4.12. The van der Waals surface area contributed by atoms with Gasteiger partial charge in [-0.3, -0.25) is 14.6 Å². The second kappa shape index (κ2) is 10.1. The van der Waals surface area contributed by atoms with Crippen molar-refractivity contribution >= 4 is 32.6 Å². The van der Waals surface area contributed by atoms with Gasteiger partial charge in [-0.1, -0.05) is 47.7 Å². The Balaban J connectivity index is 1.47. The quantitative estimate of drug-likeness (QED) is 0.542. The van der Waals surface area contributed by atoms with Gasteiger partial charge in [0.15, 0.2) is 5.13 Å². The number of thiazole rings is 1. The van der Waals surface area contributed by atoms with E-state index in [1.54, 1.807) is 11.0 Å². The maximum absolute atomic E-state index is 14.2. The Morgan fingerprint density at radius 2 is 1.93 bits per heavy atom. The van der Waals surface area contributed by atoms with Crippen molar-refractivity contribution in [3.05, 3.63) is 59.9 Å². The number of benzene rings is 2. The molecule has 4 rings (SSSR count). The van der Waals surface area contributed by atoms with E-state index in [-0.39, 0.29) is 11.7 Å². The molecule has 0 N–H and O–H groups in total. The van der Waals surface area contributed by atoms with E-state index in [1.165, 1.54) is 17.4 Å². The van der Waals surface area contributed by atoms with E-state index in [2.05, 4.69) is 9.88 Å². The molecule has 0 unspecified atom stereocenters. The lowest BCUT2D eigenvalue weighted by Gasteiger charge is -2.27. The van der Waals surface area contributed by atoms with E-state index in [0.717, 1.165) is 49.5 Å². The molecule has 1 fully saturated rings. The Bertz CT molecular complexity index is 973. The highest BCUT2D eigenvalue weighted by Gasteiger charge is 2.21. The molecule has 0 aliphatic carbocycles. The lowest BCUT2D eigenvalue weighted by molar-refractivity contribution is -0.118. The average molecular weight is 428 g/mol. The van der Waals surface area contributed by atoms with E-state index in [0.29, 0.717) is 30.0 Å². The highest BCUT2D eigenvalue weighted by Crippen LogP contribution is 2.31. The molecule has 1 amide bonds. The first-order chi connectivity index (χ1) is 14.7. The second-order valence-electron chi connectivity index (χ2n) is 7.42. The molecular formula is C23H26FN3O2S. The van der Waals surface area contributed by atoms with Gasteiger partial charge in [0.25, 0.3) is 0 Å². The van der Waals surface area contributed by atoms with Crippen molar-refractivity contribution in [1.82, 2.24) is 9.88 Å². The largest absolute Gasteiger partial charge is 0.379 e. The number of anilines is 1. The molecule has 2 aromatic carbocycles. The normalized spacial score (nSPS) is 14.8. The lowest BCUT2D eigenvalue weighted by atomic mass is 10.1. The smallest absolute Gasteiger partial charge is 0.229 e. The fourth-order valence-electron chi connectivity index (χ4n) is 3.65. The first-order valence-electron chi connectivity index (χ1n) is 10.4. The number of ether oxygens (including phenoxy) is 1. The number of aromatic nitrogens is 1. The predicted molar refractivity (Wildman–Crippen MR) is 119 cm³/mol. The Labute approximate surface area is 180 Å². The summed E-state index contributed by atoms with van der Waals surface area (Å²) >= 11 is 1.38. The maximum atomic E-state index is 14.2. The summed E-state index contributed by atoms with van der Waals surface area (Å²) < 4.78 is 20.3. The van der Waals surface area contributed by atoms with Crippen LogP contribution >= 0.6 is 11.3 Å². The van der Waals surface area contributed by atoms with Crippen LogP contribution < -0.4 is 4.90 Å². The van der Waals surface area contributed by atoms with Gasteiger partial charge in [-0.25, -0.2) is 9.37 Å². The zero-order valence-corrected chi connectivity index (χ0v) is 17.7. The van der Waals surface area contributed by atoms with Crippen molar-refractivity contribution in [2.75, 3.05) is 44.3 Å². The minimum absolute atomic E-state index is 0.0281. The topological polar surface area (TPSA) is 45.7 Å². The zero-order valence-electron chi connectivity index (χ0n) is 16.9. The number of hydrogen-bond acceptors (Lipinski definition) is 5. The van der Waals surface area contributed by atoms with Gasteiger partial charge < -0.3 is 4.74 Å². The molecule has 0 radical (unpaired) electrons. The SMILES string of the molecule is O=C(CCc1ccccc1)N(CCCN1CCOCC1)c1nc2c(F)cccc2s1. The maximum Gasteiger partial charge on any atom is 0.229 e. The van der Waals surface area contributed by atoms with E-state index in [4.69, 9.17) is 4.74 Å². The van der Waals surface area contributed by atoms with Crippen molar-refractivity contribution in [3.63, 3.8) is 0 Å². The third-order valence-electron chi connectivity index (χ3n) is 5.32. The molecule has 0 bridgehead atoms. The number of rotatable bonds is 8. The van der Waals surface area contributed by atoms with Crippen LogP contribution in [0.5, 0.6) is 0 Å². The number of fused-ring (bicyclic) bond motifs is 1. The fraction of sp³-hybridized carbons (Fsp3) is 0.391. The first kappa shape index (κ1) is 20.9. The van der Waals surface area contributed by atoms with E-state index >= 15 is 0 Å². The van der Waals surface area contributed by atoms with E-state index in [1.807, 2.05) is 36.4 Å². The third kappa shape index (κ3) is 5.22. The number of amides is 1. The monoisotopic (exact) mass is 427 g/mol. The van der Waals surface area contributed by atoms with Crippen LogP contribution in [0.1, 0.15) is 18.4 Å². The highest BCUT2D eigenvalue weighted by molar-refractivity contribution is 7.22. The number of morpholine rings is 1. The number of hydrogen-bond donors (Lipinski definition) is 0. The fourth-order valence-corrected chi connectivity index (χ4v) is 4.68. The Hall–Kier alpha value is -2.35. The van der Waals surface area contributed by atoms with Crippen molar-refractivity contribution in [2.24, 2.45) is 0 Å². The second-order valence-corrected chi connectivity index (χ2v) is 8.43. The number of para-hydroxylation sites is 1. The van der Waals surface area contributed by atoms with Gasteiger partial charge in [0, 0.05) is 32.6 Å². The molecule has 3 aromatic rings. The molecule has 0 saturated carbocycles. The minimum atomic E-state index is -0.347. The average Bonchev–Trinajstić information content (AvgIpc) is 3.22.